The van der Waals surface area contributed by atoms with Crippen molar-refractivity contribution < 1.29 is 42.2 Å². The van der Waals surface area contributed by atoms with Crippen molar-refractivity contribution in [2.45, 2.75) is 63.5 Å². The van der Waals surface area contributed by atoms with Gasteiger partial charge in [-0.2, -0.15) is 0 Å². The van der Waals surface area contributed by atoms with E-state index >= 15 is 0 Å². The Morgan fingerprint density at radius 3 is 2.32 bits per heavy atom. The Morgan fingerprint density at radius 1 is 1.08 bits per heavy atom. The van der Waals surface area contributed by atoms with Crippen molar-refractivity contribution in [2.24, 2.45) is 5.92 Å². The Labute approximate surface area is 223 Å². The highest BCUT2D eigenvalue weighted by atomic mass is 32.2. The van der Waals surface area contributed by atoms with Crippen molar-refractivity contribution in [1.82, 2.24) is 15.1 Å². The maximum absolute atomic E-state index is 14.4. The minimum atomic E-state index is -1.36. The lowest BCUT2D eigenvalue weighted by atomic mass is 9.97. The minimum absolute atomic E-state index is 0.234. The van der Waals surface area contributed by atoms with Crippen molar-refractivity contribution in [3.8, 4) is 0 Å². The van der Waals surface area contributed by atoms with Gasteiger partial charge in [0.25, 0.3) is 5.91 Å². The van der Waals surface area contributed by atoms with E-state index in [1.807, 2.05) is 0 Å². The van der Waals surface area contributed by atoms with Crippen LogP contribution in [0.2, 0.25) is 0 Å². The van der Waals surface area contributed by atoms with E-state index in [4.69, 9.17) is 4.74 Å². The molecule has 0 radical (unpaired) electrons. The summed E-state index contributed by atoms with van der Waals surface area (Å²) in [4.78, 5) is 53.0. The molecule has 9 nitrogen and oxygen atoms in total. The lowest BCUT2D eigenvalue weighted by molar-refractivity contribution is -0.147. The number of amides is 3. The number of benzene rings is 1. The molecule has 3 rings (SSSR count). The first-order chi connectivity index (χ1) is 17.7. The van der Waals surface area contributed by atoms with E-state index < -0.39 is 58.4 Å². The highest BCUT2D eigenvalue weighted by Gasteiger charge is 2.39. The van der Waals surface area contributed by atoms with Crippen LogP contribution in [0.1, 0.15) is 45.6 Å². The van der Waals surface area contributed by atoms with Crippen molar-refractivity contribution in [2.75, 3.05) is 25.4 Å². The molecule has 38 heavy (non-hydrogen) atoms. The van der Waals surface area contributed by atoms with Gasteiger partial charge in [-0.1, -0.05) is 0 Å². The molecule has 2 fully saturated rings. The van der Waals surface area contributed by atoms with Gasteiger partial charge in [-0.3, -0.25) is 14.4 Å². The second-order valence-corrected chi connectivity index (χ2v) is 11.5. The minimum Gasteiger partial charge on any atom is -0.481 e. The second kappa shape index (κ2) is 12.3. The zero-order chi connectivity index (χ0) is 28.2. The molecule has 2 aliphatic heterocycles. The van der Waals surface area contributed by atoms with Crippen LogP contribution in [0.25, 0.3) is 0 Å². The van der Waals surface area contributed by atoms with Gasteiger partial charge in [-0.15, -0.1) is 11.8 Å². The Hall–Kier alpha value is -2.96. The maximum Gasteiger partial charge on any atom is 0.407 e. The van der Waals surface area contributed by atoms with E-state index in [0.717, 1.165) is 0 Å². The predicted octanol–water partition coefficient (Wildman–Crippen LogP) is 3.15. The van der Waals surface area contributed by atoms with Crippen LogP contribution in [0.3, 0.4) is 0 Å². The predicted molar refractivity (Wildman–Crippen MR) is 133 cm³/mol. The molecule has 2 atom stereocenters. The van der Waals surface area contributed by atoms with Gasteiger partial charge >= 0.3 is 12.1 Å². The first-order valence-corrected chi connectivity index (χ1v) is 13.4. The first-order valence-electron chi connectivity index (χ1n) is 12.3. The lowest BCUT2D eigenvalue weighted by Gasteiger charge is -2.34. The van der Waals surface area contributed by atoms with E-state index in [0.29, 0.717) is 30.7 Å². The number of carbonyl (C=O) groups is 4. The van der Waals surface area contributed by atoms with E-state index in [-0.39, 0.29) is 43.9 Å². The van der Waals surface area contributed by atoms with Crippen molar-refractivity contribution in [3.63, 3.8) is 0 Å². The summed E-state index contributed by atoms with van der Waals surface area (Å²) in [5, 5.41) is 10.9. The topological polar surface area (TPSA) is 116 Å². The highest BCUT2D eigenvalue weighted by Crippen LogP contribution is 2.29. The van der Waals surface area contributed by atoms with Gasteiger partial charge < -0.3 is 25.0 Å². The fourth-order valence-electron chi connectivity index (χ4n) is 4.40. The summed E-state index contributed by atoms with van der Waals surface area (Å²) in [5.41, 5.74) is -1.09. The van der Waals surface area contributed by atoms with E-state index in [9.17, 15) is 37.5 Å². The smallest absolute Gasteiger partial charge is 0.407 e. The van der Waals surface area contributed by atoms with E-state index in [1.54, 1.807) is 25.7 Å². The Balaban J connectivity index is 1.72. The largest absolute Gasteiger partial charge is 0.481 e. The third-order valence-electron chi connectivity index (χ3n) is 6.28. The molecule has 0 bridgehead atoms. The number of aliphatic carboxylic acids is 1. The fourth-order valence-corrected chi connectivity index (χ4v) is 5.62. The number of hydrogen-bond acceptors (Lipinski definition) is 6. The second-order valence-electron chi connectivity index (χ2n) is 10.4. The molecule has 2 aliphatic rings. The van der Waals surface area contributed by atoms with Crippen LogP contribution < -0.4 is 5.32 Å². The van der Waals surface area contributed by atoms with Crippen LogP contribution in [0, 0.1) is 23.4 Å². The highest BCUT2D eigenvalue weighted by molar-refractivity contribution is 8.00. The van der Waals surface area contributed by atoms with Crippen molar-refractivity contribution in [3.05, 3.63) is 35.1 Å². The number of nitrogens with zero attached hydrogens (tertiary/aromatic N) is 2. The SMILES string of the molecule is CC(C)(C)OC(=O)N[C@@H](CC(=O)N1CCSC1C(=O)N1CCC(C(=O)O)CC1)Cc1cc(F)c(F)cc1F. The molecule has 210 valence electrons. The van der Waals surface area contributed by atoms with Gasteiger partial charge in [0.05, 0.1) is 5.92 Å². The number of nitrogens with one attached hydrogen (secondary N) is 1. The molecule has 2 N–H and O–H groups in total. The summed E-state index contributed by atoms with van der Waals surface area (Å²) in [6.45, 7) is 5.72. The van der Waals surface area contributed by atoms with Crippen molar-refractivity contribution >= 4 is 35.6 Å². The number of carbonyl (C=O) groups excluding carboxylic acids is 3. The molecule has 2 heterocycles. The number of halogens is 3. The molecule has 0 saturated carbocycles. The molecule has 1 aromatic carbocycles. The normalized spacial score (nSPS) is 19.3. The van der Waals surface area contributed by atoms with Gasteiger partial charge in [0.15, 0.2) is 17.0 Å². The van der Waals surface area contributed by atoms with Crippen molar-refractivity contribution in [1.29, 1.82) is 0 Å². The zero-order valence-corrected chi connectivity index (χ0v) is 22.3. The number of hydrogen-bond donors (Lipinski definition) is 2. The Morgan fingerprint density at radius 2 is 1.71 bits per heavy atom. The van der Waals surface area contributed by atoms with Gasteiger partial charge in [-0.05, 0) is 51.7 Å². The van der Waals surface area contributed by atoms with Gasteiger partial charge in [0.2, 0.25) is 5.91 Å². The number of likely N-dealkylation sites (tertiary alicyclic amines) is 1. The van der Waals surface area contributed by atoms with Gasteiger partial charge in [0.1, 0.15) is 11.4 Å². The Bertz CT molecular complexity index is 1080. The van der Waals surface area contributed by atoms with Crippen LogP contribution in [0.15, 0.2) is 12.1 Å². The summed E-state index contributed by atoms with van der Waals surface area (Å²) in [5.74, 6) is -5.35. The molecule has 0 aromatic heterocycles. The quantitative estimate of drug-likeness (QED) is 0.493. The summed E-state index contributed by atoms with van der Waals surface area (Å²) < 4.78 is 46.8. The molecular weight excluding hydrogens is 527 g/mol. The van der Waals surface area contributed by atoms with Crippen LogP contribution in [-0.4, -0.2) is 81.2 Å². The molecule has 13 heteroatoms. The summed E-state index contributed by atoms with van der Waals surface area (Å²) in [7, 11) is 0. The molecule has 2 saturated heterocycles. The third-order valence-corrected chi connectivity index (χ3v) is 7.47. The number of piperidine rings is 1. The summed E-state index contributed by atoms with van der Waals surface area (Å²) in [6, 6.07) is 0.0398. The van der Waals surface area contributed by atoms with E-state index in [1.165, 1.54) is 16.7 Å². The number of rotatable bonds is 7. The molecule has 0 spiro atoms. The summed E-state index contributed by atoms with van der Waals surface area (Å²) in [6.07, 6.45) is -0.885. The van der Waals surface area contributed by atoms with E-state index in [2.05, 4.69) is 5.32 Å². The number of carboxylic acid groups (broad SMARTS) is 1. The number of thioether (sulfide) groups is 1. The van der Waals surface area contributed by atoms with Crippen LogP contribution >= 0.6 is 11.8 Å². The molecule has 0 aliphatic carbocycles. The summed E-state index contributed by atoms with van der Waals surface area (Å²) >= 11 is 1.28. The first kappa shape index (κ1) is 29.6. The number of ether oxygens (including phenoxy) is 1. The van der Waals surface area contributed by atoms with Crippen LogP contribution in [0.4, 0.5) is 18.0 Å². The van der Waals surface area contributed by atoms with Gasteiger partial charge in [-0.25, -0.2) is 18.0 Å². The number of alkyl carbamates (subject to hydrolysis) is 1. The average Bonchev–Trinajstić information content (AvgIpc) is 3.31. The monoisotopic (exact) mass is 559 g/mol. The molecular formula is C25H32F3N3O6S. The molecule has 1 aromatic rings. The Kier molecular flexibility index (Phi) is 9.55. The van der Waals surface area contributed by atoms with Crippen LogP contribution in [0.5, 0.6) is 0 Å². The van der Waals surface area contributed by atoms with Crippen LogP contribution in [-0.2, 0) is 25.5 Å². The van der Waals surface area contributed by atoms with Gasteiger partial charge in [0, 0.05) is 43.9 Å². The zero-order valence-electron chi connectivity index (χ0n) is 21.5. The fraction of sp³-hybridized carbons (Fsp3) is 0.600. The maximum atomic E-state index is 14.4. The molecule has 3 amide bonds. The molecule has 1 unspecified atom stereocenters. The standard InChI is InChI=1S/C25H32F3N3O6S/c1-25(2,3)37-24(36)29-16(10-15-11-18(27)19(28)13-17(15)26)12-20(32)31-8-9-38-22(31)21(33)30-6-4-14(5-7-30)23(34)35/h11,13-14,16,22H,4-10,12H2,1-3H3,(H,29,36)(H,34,35)/t16-,22?/m1/s1. The third kappa shape index (κ3) is 7.78. The number of carboxylic acids is 1. The lowest BCUT2D eigenvalue weighted by Crippen LogP contribution is -2.51. The average molecular weight is 560 g/mol.